The Morgan fingerprint density at radius 3 is 2.50 bits per heavy atom. The van der Waals surface area contributed by atoms with Crippen molar-refractivity contribution < 1.29 is 9.53 Å². The van der Waals surface area contributed by atoms with E-state index >= 15 is 0 Å². The molecule has 0 bridgehead atoms. The van der Waals surface area contributed by atoms with Crippen LogP contribution in [-0.2, 0) is 9.53 Å². The van der Waals surface area contributed by atoms with Gasteiger partial charge in [-0.15, -0.1) is 12.4 Å². The maximum Gasteiger partial charge on any atom is 0.227 e. The molecule has 0 radical (unpaired) electrons. The summed E-state index contributed by atoms with van der Waals surface area (Å²) >= 11 is 0. The highest BCUT2D eigenvalue weighted by Crippen LogP contribution is 2.18. The van der Waals surface area contributed by atoms with Crippen LogP contribution in [0.1, 0.15) is 24.8 Å². The largest absolute Gasteiger partial charge is 0.383 e. The number of hydrogen-bond acceptors (Lipinski definition) is 3. The van der Waals surface area contributed by atoms with E-state index in [4.69, 9.17) is 4.74 Å². The van der Waals surface area contributed by atoms with Gasteiger partial charge in [0.25, 0.3) is 0 Å². The van der Waals surface area contributed by atoms with E-state index < -0.39 is 0 Å². The molecule has 4 nitrogen and oxygen atoms in total. The van der Waals surface area contributed by atoms with Gasteiger partial charge in [-0.2, -0.15) is 0 Å². The Morgan fingerprint density at radius 2 is 1.90 bits per heavy atom. The van der Waals surface area contributed by atoms with E-state index in [2.05, 4.69) is 10.6 Å². The summed E-state index contributed by atoms with van der Waals surface area (Å²) in [5, 5.41) is 6.17. The van der Waals surface area contributed by atoms with Crippen molar-refractivity contribution in [2.75, 3.05) is 33.4 Å². The number of halogens is 1. The van der Waals surface area contributed by atoms with Crippen LogP contribution in [0.25, 0.3) is 0 Å². The zero-order valence-electron chi connectivity index (χ0n) is 12.2. The number of rotatable bonds is 9. The molecule has 1 unspecified atom stereocenters. The summed E-state index contributed by atoms with van der Waals surface area (Å²) in [4.78, 5) is 12.1. The lowest BCUT2D eigenvalue weighted by Crippen LogP contribution is -2.35. The predicted molar refractivity (Wildman–Crippen MR) is 84.5 cm³/mol. The van der Waals surface area contributed by atoms with Crippen LogP contribution in [0.4, 0.5) is 0 Å². The lowest BCUT2D eigenvalue weighted by molar-refractivity contribution is -0.122. The molecule has 2 N–H and O–H groups in total. The first-order valence-corrected chi connectivity index (χ1v) is 6.82. The smallest absolute Gasteiger partial charge is 0.227 e. The number of nitrogens with one attached hydrogen (secondary N) is 2. The fourth-order valence-electron chi connectivity index (χ4n) is 1.95. The molecule has 0 heterocycles. The minimum atomic E-state index is -0.0554. The second-order valence-corrected chi connectivity index (χ2v) is 4.41. The van der Waals surface area contributed by atoms with E-state index in [1.54, 1.807) is 7.11 Å². The Balaban J connectivity index is 0.00000361. The Kier molecular flexibility index (Phi) is 11.1. The Bertz CT molecular complexity index is 360. The molecule has 0 fully saturated rings. The van der Waals surface area contributed by atoms with Gasteiger partial charge in [-0.05, 0) is 12.0 Å². The molecule has 1 amide bonds. The van der Waals surface area contributed by atoms with Crippen molar-refractivity contribution in [3.8, 4) is 0 Å². The molecule has 0 spiro atoms. The summed E-state index contributed by atoms with van der Waals surface area (Å²) in [6.45, 7) is 4.94. The van der Waals surface area contributed by atoms with Gasteiger partial charge in [0.05, 0.1) is 12.5 Å². The number of methoxy groups -OCH3 is 1. The third-order valence-corrected chi connectivity index (χ3v) is 3.01. The molecule has 1 aromatic rings. The van der Waals surface area contributed by atoms with Gasteiger partial charge < -0.3 is 15.4 Å². The molecule has 0 saturated heterocycles. The number of amides is 1. The Morgan fingerprint density at radius 1 is 1.20 bits per heavy atom. The summed E-state index contributed by atoms with van der Waals surface area (Å²) < 4.78 is 4.93. The second-order valence-electron chi connectivity index (χ2n) is 4.41. The third kappa shape index (κ3) is 6.89. The summed E-state index contributed by atoms with van der Waals surface area (Å²) in [7, 11) is 1.68. The van der Waals surface area contributed by atoms with Crippen LogP contribution in [-0.4, -0.2) is 39.3 Å². The van der Waals surface area contributed by atoms with Crippen molar-refractivity contribution in [2.24, 2.45) is 0 Å². The highest BCUT2D eigenvalue weighted by Gasteiger charge is 2.17. The number of benzene rings is 1. The standard InChI is InChI=1S/C15H24N2O2.ClH/c1-3-14(13-7-5-4-6-8-13)15(18)17-10-9-16-11-12-19-2;/h4-8,14,16H,3,9-12H2,1-2H3,(H,17,18);1H. The van der Waals surface area contributed by atoms with Gasteiger partial charge in [-0.1, -0.05) is 37.3 Å². The van der Waals surface area contributed by atoms with E-state index in [1.165, 1.54) is 0 Å². The normalized spacial score (nSPS) is 11.5. The molecule has 0 saturated carbocycles. The third-order valence-electron chi connectivity index (χ3n) is 3.01. The van der Waals surface area contributed by atoms with E-state index in [-0.39, 0.29) is 24.2 Å². The lowest BCUT2D eigenvalue weighted by Gasteiger charge is -2.15. The Hall–Kier alpha value is -1.10. The number of carbonyl (C=O) groups is 1. The number of ether oxygens (including phenoxy) is 1. The zero-order valence-corrected chi connectivity index (χ0v) is 13.0. The van der Waals surface area contributed by atoms with Gasteiger partial charge in [0.1, 0.15) is 0 Å². The van der Waals surface area contributed by atoms with Crippen LogP contribution in [0.15, 0.2) is 30.3 Å². The van der Waals surface area contributed by atoms with Crippen molar-refractivity contribution in [3.05, 3.63) is 35.9 Å². The highest BCUT2D eigenvalue weighted by molar-refractivity contribution is 5.85. The highest BCUT2D eigenvalue weighted by atomic mass is 35.5. The molecule has 5 heteroatoms. The molecule has 1 rings (SSSR count). The van der Waals surface area contributed by atoms with Gasteiger partial charge >= 0.3 is 0 Å². The molecule has 0 aliphatic carbocycles. The van der Waals surface area contributed by atoms with Gasteiger partial charge in [-0.25, -0.2) is 0 Å². The topological polar surface area (TPSA) is 50.4 Å². The van der Waals surface area contributed by atoms with Crippen molar-refractivity contribution in [2.45, 2.75) is 19.3 Å². The minimum absolute atomic E-state index is 0. The molecule has 20 heavy (non-hydrogen) atoms. The van der Waals surface area contributed by atoms with Crippen molar-refractivity contribution in [1.29, 1.82) is 0 Å². The van der Waals surface area contributed by atoms with Crippen LogP contribution in [0, 0.1) is 0 Å². The predicted octanol–water partition coefficient (Wildman–Crippen LogP) is 1.95. The molecule has 114 valence electrons. The summed E-state index contributed by atoms with van der Waals surface area (Å²) in [5.41, 5.74) is 1.08. The van der Waals surface area contributed by atoms with E-state index in [0.29, 0.717) is 13.2 Å². The summed E-state index contributed by atoms with van der Waals surface area (Å²) in [6.07, 6.45) is 0.812. The molecule has 0 aromatic heterocycles. The average Bonchev–Trinajstić information content (AvgIpc) is 2.45. The van der Waals surface area contributed by atoms with Crippen LogP contribution < -0.4 is 10.6 Å². The maximum atomic E-state index is 12.1. The van der Waals surface area contributed by atoms with Crippen LogP contribution in [0.2, 0.25) is 0 Å². The van der Waals surface area contributed by atoms with Crippen LogP contribution in [0.3, 0.4) is 0 Å². The van der Waals surface area contributed by atoms with Crippen molar-refractivity contribution >= 4 is 18.3 Å². The molecule has 0 aliphatic heterocycles. The molecule has 1 atom stereocenters. The SMILES string of the molecule is CCC(C(=O)NCCNCCOC)c1ccccc1.Cl. The molecule has 1 aromatic carbocycles. The fourth-order valence-corrected chi connectivity index (χ4v) is 1.95. The molecular weight excluding hydrogens is 276 g/mol. The van der Waals surface area contributed by atoms with E-state index in [9.17, 15) is 4.79 Å². The lowest BCUT2D eigenvalue weighted by atomic mass is 9.96. The van der Waals surface area contributed by atoms with Crippen LogP contribution in [0.5, 0.6) is 0 Å². The molecular formula is C15H25ClN2O2. The first-order valence-electron chi connectivity index (χ1n) is 6.82. The summed E-state index contributed by atoms with van der Waals surface area (Å²) in [5.74, 6) is 0.0439. The van der Waals surface area contributed by atoms with Crippen LogP contribution >= 0.6 is 12.4 Å². The number of carbonyl (C=O) groups excluding carboxylic acids is 1. The van der Waals surface area contributed by atoms with Gasteiger partial charge in [0.15, 0.2) is 0 Å². The Labute approximate surface area is 127 Å². The van der Waals surface area contributed by atoms with Gasteiger partial charge in [0, 0.05) is 26.7 Å². The van der Waals surface area contributed by atoms with Crippen molar-refractivity contribution in [3.63, 3.8) is 0 Å². The molecule has 0 aliphatic rings. The van der Waals surface area contributed by atoms with Gasteiger partial charge in [0.2, 0.25) is 5.91 Å². The van der Waals surface area contributed by atoms with Gasteiger partial charge in [-0.3, -0.25) is 4.79 Å². The van der Waals surface area contributed by atoms with Crippen molar-refractivity contribution in [1.82, 2.24) is 10.6 Å². The second kappa shape index (κ2) is 11.7. The quantitative estimate of drug-likeness (QED) is 0.686. The van der Waals surface area contributed by atoms with E-state index in [1.807, 2.05) is 37.3 Å². The first-order chi connectivity index (χ1) is 9.29. The minimum Gasteiger partial charge on any atom is -0.383 e. The average molecular weight is 301 g/mol. The van der Waals surface area contributed by atoms with E-state index in [0.717, 1.165) is 25.1 Å². The first kappa shape index (κ1) is 18.9. The monoisotopic (exact) mass is 300 g/mol. The zero-order chi connectivity index (χ0) is 13.9. The maximum absolute atomic E-state index is 12.1. The number of hydrogen-bond donors (Lipinski definition) is 2. The summed E-state index contributed by atoms with van der Waals surface area (Å²) in [6, 6.07) is 9.91. The fraction of sp³-hybridized carbons (Fsp3) is 0.533.